The highest BCUT2D eigenvalue weighted by Gasteiger charge is 2.21. The minimum Gasteiger partial charge on any atom is -0.375 e. The molecule has 8 heteroatoms. The van der Waals surface area contributed by atoms with Crippen molar-refractivity contribution in [1.82, 2.24) is 5.32 Å². The van der Waals surface area contributed by atoms with Crippen molar-refractivity contribution in [1.29, 1.82) is 0 Å². The first-order chi connectivity index (χ1) is 13.3. The lowest BCUT2D eigenvalue weighted by Crippen LogP contribution is -2.41. The molecule has 28 heavy (non-hydrogen) atoms. The number of hydrogen-bond acceptors (Lipinski definition) is 5. The predicted octanol–water partition coefficient (Wildman–Crippen LogP) is 1.99. The quantitative estimate of drug-likeness (QED) is 0.483. The molecule has 0 fully saturated rings. The molecule has 0 aromatic heterocycles. The summed E-state index contributed by atoms with van der Waals surface area (Å²) in [6.45, 7) is 2.02. The summed E-state index contributed by atoms with van der Waals surface area (Å²) in [6.07, 6.45) is 1.02. The predicted molar refractivity (Wildman–Crippen MR) is 108 cm³/mol. The highest BCUT2D eigenvalue weighted by atomic mass is 32.2. The number of Topliss-reactive ketones (excluding diaryl/α,β-unsaturated/α-hetero) is 1. The van der Waals surface area contributed by atoms with Gasteiger partial charge in [-0.25, -0.2) is 8.42 Å². The van der Waals surface area contributed by atoms with Crippen LogP contribution in [0.2, 0.25) is 0 Å². The summed E-state index contributed by atoms with van der Waals surface area (Å²) < 4.78 is 30.7. The van der Waals surface area contributed by atoms with Crippen LogP contribution in [0, 0.1) is 0 Å². The molecule has 0 radical (unpaired) electrons. The first-order valence-electron chi connectivity index (χ1n) is 8.74. The zero-order valence-corrected chi connectivity index (χ0v) is 16.7. The van der Waals surface area contributed by atoms with Crippen molar-refractivity contribution in [2.24, 2.45) is 0 Å². The largest absolute Gasteiger partial charge is 0.375 e. The van der Waals surface area contributed by atoms with Crippen molar-refractivity contribution in [3.63, 3.8) is 0 Å². The number of nitrogens with zero attached hydrogens (tertiary/aromatic N) is 1. The fourth-order valence-corrected chi connectivity index (χ4v) is 3.34. The Morgan fingerprint density at radius 2 is 1.79 bits per heavy atom. The number of carbonyl (C=O) groups excluding carboxylic acids is 2. The summed E-state index contributed by atoms with van der Waals surface area (Å²) in [4.78, 5) is 23.7. The number of rotatable bonds is 10. The monoisotopic (exact) mass is 404 g/mol. The molecule has 0 atom stereocenters. The molecule has 0 bridgehead atoms. The van der Waals surface area contributed by atoms with E-state index < -0.39 is 15.9 Å². The Bertz CT molecular complexity index is 913. The lowest BCUT2D eigenvalue weighted by Gasteiger charge is -2.22. The third-order valence-electron chi connectivity index (χ3n) is 3.91. The van der Waals surface area contributed by atoms with Crippen LogP contribution < -0.4 is 9.62 Å². The lowest BCUT2D eigenvalue weighted by molar-refractivity contribution is -0.119. The number of ketones is 1. The summed E-state index contributed by atoms with van der Waals surface area (Å²) in [5, 5.41) is 2.64. The van der Waals surface area contributed by atoms with Gasteiger partial charge < -0.3 is 10.1 Å². The van der Waals surface area contributed by atoms with Gasteiger partial charge in [0.05, 0.1) is 25.2 Å². The standard InChI is InChI=1S/C20H24N2O5S/c1-16(23)18-9-6-10-19(13-18)22(28(2,25)26)14-20(24)21-11-12-27-15-17-7-4-3-5-8-17/h3-10,13H,11-12,14-15H2,1-2H3,(H,21,24). The summed E-state index contributed by atoms with van der Waals surface area (Å²) >= 11 is 0. The molecule has 2 aromatic carbocycles. The first kappa shape index (κ1) is 21.6. The minimum atomic E-state index is -3.70. The maximum absolute atomic E-state index is 12.2. The van der Waals surface area contributed by atoms with Crippen LogP contribution in [0.1, 0.15) is 22.8 Å². The normalized spacial score (nSPS) is 11.1. The second-order valence-corrected chi connectivity index (χ2v) is 8.17. The Balaban J connectivity index is 1.89. The van der Waals surface area contributed by atoms with Gasteiger partial charge in [-0.15, -0.1) is 0 Å². The van der Waals surface area contributed by atoms with E-state index in [0.717, 1.165) is 16.1 Å². The van der Waals surface area contributed by atoms with Gasteiger partial charge in [0.2, 0.25) is 15.9 Å². The van der Waals surface area contributed by atoms with Crippen molar-refractivity contribution < 1.29 is 22.7 Å². The van der Waals surface area contributed by atoms with E-state index in [4.69, 9.17) is 4.74 Å². The molecule has 2 aromatic rings. The number of amides is 1. The maximum Gasteiger partial charge on any atom is 0.240 e. The van der Waals surface area contributed by atoms with E-state index in [0.29, 0.717) is 18.8 Å². The average Bonchev–Trinajstić information content (AvgIpc) is 2.66. The van der Waals surface area contributed by atoms with Gasteiger partial charge in [0, 0.05) is 12.1 Å². The van der Waals surface area contributed by atoms with Crippen LogP contribution in [0.4, 0.5) is 5.69 Å². The van der Waals surface area contributed by atoms with E-state index in [-0.39, 0.29) is 24.6 Å². The third-order valence-corrected chi connectivity index (χ3v) is 5.05. The van der Waals surface area contributed by atoms with Crippen molar-refractivity contribution in [3.05, 3.63) is 65.7 Å². The number of hydrogen-bond donors (Lipinski definition) is 1. The highest BCUT2D eigenvalue weighted by Crippen LogP contribution is 2.19. The number of benzene rings is 2. The molecule has 0 aliphatic carbocycles. The summed E-state index contributed by atoms with van der Waals surface area (Å²) in [7, 11) is -3.70. The minimum absolute atomic E-state index is 0.185. The third kappa shape index (κ3) is 6.79. The second kappa shape index (κ2) is 10.0. The molecule has 0 aliphatic rings. The molecular weight excluding hydrogens is 380 g/mol. The fraction of sp³-hybridized carbons (Fsp3) is 0.300. The van der Waals surface area contributed by atoms with Crippen LogP contribution in [0.15, 0.2) is 54.6 Å². The summed E-state index contributed by atoms with van der Waals surface area (Å²) in [5.41, 5.74) is 1.67. The van der Waals surface area contributed by atoms with E-state index in [1.165, 1.54) is 13.0 Å². The van der Waals surface area contributed by atoms with Crippen molar-refractivity contribution in [2.45, 2.75) is 13.5 Å². The Morgan fingerprint density at radius 3 is 2.43 bits per heavy atom. The number of nitrogens with one attached hydrogen (secondary N) is 1. The zero-order chi connectivity index (χ0) is 20.6. The van der Waals surface area contributed by atoms with Crippen molar-refractivity contribution >= 4 is 27.4 Å². The molecule has 0 unspecified atom stereocenters. The lowest BCUT2D eigenvalue weighted by atomic mass is 10.1. The number of anilines is 1. The maximum atomic E-state index is 12.2. The molecule has 150 valence electrons. The summed E-state index contributed by atoms with van der Waals surface area (Å²) in [6, 6.07) is 15.8. The Kier molecular flexibility index (Phi) is 7.71. The van der Waals surface area contributed by atoms with Crippen LogP contribution in [-0.2, 0) is 26.2 Å². The van der Waals surface area contributed by atoms with Crippen molar-refractivity contribution in [3.8, 4) is 0 Å². The molecule has 1 N–H and O–H groups in total. The van der Waals surface area contributed by atoms with Gasteiger partial charge in [-0.2, -0.15) is 0 Å². The topological polar surface area (TPSA) is 92.8 Å². The van der Waals surface area contributed by atoms with E-state index in [1.807, 2.05) is 30.3 Å². The van der Waals surface area contributed by atoms with Gasteiger partial charge >= 0.3 is 0 Å². The first-order valence-corrected chi connectivity index (χ1v) is 10.6. The van der Waals surface area contributed by atoms with Crippen LogP contribution >= 0.6 is 0 Å². The van der Waals surface area contributed by atoms with Gasteiger partial charge in [0.1, 0.15) is 6.54 Å². The van der Waals surface area contributed by atoms with E-state index in [1.54, 1.807) is 18.2 Å². The van der Waals surface area contributed by atoms with Gasteiger partial charge in [-0.3, -0.25) is 13.9 Å². The average molecular weight is 404 g/mol. The van der Waals surface area contributed by atoms with Crippen LogP contribution in [0.25, 0.3) is 0 Å². The van der Waals surface area contributed by atoms with E-state index >= 15 is 0 Å². The van der Waals surface area contributed by atoms with Crippen molar-refractivity contribution in [2.75, 3.05) is 30.3 Å². The number of ether oxygens (including phenoxy) is 1. The summed E-state index contributed by atoms with van der Waals surface area (Å²) in [5.74, 6) is -0.641. The number of carbonyl (C=O) groups is 2. The van der Waals surface area contributed by atoms with Gasteiger partial charge in [-0.05, 0) is 24.6 Å². The van der Waals surface area contributed by atoms with E-state index in [9.17, 15) is 18.0 Å². The number of sulfonamides is 1. The molecule has 0 saturated heterocycles. The van der Waals surface area contributed by atoms with Crippen LogP contribution in [0.5, 0.6) is 0 Å². The molecule has 0 saturated carbocycles. The zero-order valence-electron chi connectivity index (χ0n) is 15.9. The molecule has 1 amide bonds. The SMILES string of the molecule is CC(=O)c1cccc(N(CC(=O)NCCOCc2ccccc2)S(C)(=O)=O)c1. The van der Waals surface area contributed by atoms with Crippen LogP contribution in [-0.4, -0.2) is 46.1 Å². The molecule has 7 nitrogen and oxygen atoms in total. The molecule has 2 rings (SSSR count). The Hall–Kier alpha value is -2.71. The molecular formula is C20H24N2O5S. The Morgan fingerprint density at radius 1 is 1.07 bits per heavy atom. The Labute approximate surface area is 165 Å². The van der Waals surface area contributed by atoms with Gasteiger partial charge in [0.15, 0.2) is 5.78 Å². The van der Waals surface area contributed by atoms with Crippen LogP contribution in [0.3, 0.4) is 0 Å². The van der Waals surface area contributed by atoms with Gasteiger partial charge in [0.25, 0.3) is 0 Å². The van der Waals surface area contributed by atoms with Gasteiger partial charge in [-0.1, -0.05) is 42.5 Å². The second-order valence-electron chi connectivity index (χ2n) is 6.26. The highest BCUT2D eigenvalue weighted by molar-refractivity contribution is 7.92. The molecule has 0 spiro atoms. The smallest absolute Gasteiger partial charge is 0.240 e. The van der Waals surface area contributed by atoms with E-state index in [2.05, 4.69) is 5.32 Å². The molecule has 0 aliphatic heterocycles. The fourth-order valence-electron chi connectivity index (χ4n) is 2.49. The molecule has 0 heterocycles.